The monoisotopic (exact) mass is 243 g/mol. The molecular formula is C17H25N. The molecule has 0 aliphatic heterocycles. The molecule has 1 aliphatic carbocycles. The van der Waals surface area contributed by atoms with Crippen LogP contribution in [-0.2, 0) is 0 Å². The summed E-state index contributed by atoms with van der Waals surface area (Å²) in [6, 6.07) is 15.7. The number of fused-ring (bicyclic) bond motifs is 1. The molecule has 3 rings (SSSR count). The molecule has 1 saturated carbocycles. The van der Waals surface area contributed by atoms with Crippen LogP contribution in [0.25, 0.3) is 10.8 Å². The van der Waals surface area contributed by atoms with Gasteiger partial charge < -0.3 is 6.15 Å². The van der Waals surface area contributed by atoms with Crippen molar-refractivity contribution in [1.82, 2.24) is 6.15 Å². The van der Waals surface area contributed by atoms with Crippen molar-refractivity contribution >= 4 is 10.8 Å². The van der Waals surface area contributed by atoms with Gasteiger partial charge in [-0.25, -0.2) is 0 Å². The molecule has 2 aromatic rings. The van der Waals surface area contributed by atoms with Crippen LogP contribution in [0.15, 0.2) is 42.5 Å². The first-order valence-electron chi connectivity index (χ1n) is 6.42. The lowest BCUT2D eigenvalue weighted by atomic mass is 9.83. The van der Waals surface area contributed by atoms with Crippen LogP contribution >= 0.6 is 0 Å². The maximum atomic E-state index is 2.39. The van der Waals surface area contributed by atoms with Gasteiger partial charge in [-0.05, 0) is 35.1 Å². The van der Waals surface area contributed by atoms with Crippen LogP contribution in [0.1, 0.15) is 51.0 Å². The van der Waals surface area contributed by atoms with Crippen LogP contribution in [0.2, 0.25) is 0 Å². The summed E-state index contributed by atoms with van der Waals surface area (Å²) in [7, 11) is 0. The molecular weight excluding hydrogens is 218 g/mol. The van der Waals surface area contributed by atoms with Gasteiger partial charge >= 0.3 is 0 Å². The molecule has 3 N–H and O–H groups in total. The predicted octanol–water partition coefficient (Wildman–Crippen LogP) is 5.69. The van der Waals surface area contributed by atoms with Crippen LogP contribution in [0.5, 0.6) is 0 Å². The first-order chi connectivity index (χ1) is 7.93. The maximum Gasteiger partial charge on any atom is -0.0162 e. The average molecular weight is 243 g/mol. The van der Waals surface area contributed by atoms with E-state index in [9.17, 15) is 0 Å². The zero-order valence-electron chi connectivity index (χ0n) is 10.4. The number of hydrogen-bond acceptors (Lipinski definition) is 1. The van der Waals surface area contributed by atoms with Gasteiger partial charge in [0.1, 0.15) is 0 Å². The van der Waals surface area contributed by atoms with Gasteiger partial charge in [-0.3, -0.25) is 0 Å². The van der Waals surface area contributed by atoms with Gasteiger partial charge in [-0.15, -0.1) is 0 Å². The zero-order chi connectivity index (χ0) is 10.8. The van der Waals surface area contributed by atoms with Gasteiger partial charge in [0.15, 0.2) is 0 Å². The fourth-order valence-electron chi connectivity index (χ4n) is 2.90. The van der Waals surface area contributed by atoms with Crippen molar-refractivity contribution in [2.24, 2.45) is 0 Å². The molecule has 0 saturated heterocycles. The minimum absolute atomic E-state index is 0. The van der Waals surface area contributed by atoms with Crippen molar-refractivity contribution in [3.63, 3.8) is 0 Å². The molecule has 1 aliphatic rings. The van der Waals surface area contributed by atoms with Gasteiger partial charge in [-0.2, -0.15) is 0 Å². The first kappa shape index (κ1) is 14.7. The molecule has 0 spiro atoms. The van der Waals surface area contributed by atoms with E-state index in [4.69, 9.17) is 0 Å². The molecule has 0 unspecified atom stereocenters. The SMILES string of the molecule is C.N.c1ccc2cc(C3CCCCC3)ccc2c1. The van der Waals surface area contributed by atoms with Gasteiger partial charge in [0, 0.05) is 0 Å². The van der Waals surface area contributed by atoms with Crippen LogP contribution in [-0.4, -0.2) is 0 Å². The second-order valence-corrected chi connectivity index (χ2v) is 4.94. The molecule has 0 aromatic heterocycles. The normalized spacial score (nSPS) is 15.8. The molecule has 0 amide bonds. The predicted molar refractivity (Wildman–Crippen MR) is 81.5 cm³/mol. The zero-order valence-corrected chi connectivity index (χ0v) is 10.4. The van der Waals surface area contributed by atoms with Crippen LogP contribution in [0.4, 0.5) is 0 Å². The van der Waals surface area contributed by atoms with E-state index in [1.807, 2.05) is 0 Å². The van der Waals surface area contributed by atoms with Crippen LogP contribution in [0.3, 0.4) is 0 Å². The highest BCUT2D eigenvalue weighted by atomic mass is 14.2. The summed E-state index contributed by atoms with van der Waals surface area (Å²) in [5.74, 6) is 0.818. The summed E-state index contributed by atoms with van der Waals surface area (Å²) in [5, 5.41) is 2.76. The molecule has 2 aromatic carbocycles. The molecule has 0 atom stereocenters. The highest BCUT2D eigenvalue weighted by Crippen LogP contribution is 2.33. The number of hydrogen-bond donors (Lipinski definition) is 1. The van der Waals surface area contributed by atoms with Crippen LogP contribution in [0, 0.1) is 0 Å². The fourth-order valence-corrected chi connectivity index (χ4v) is 2.90. The third-order valence-electron chi connectivity index (χ3n) is 3.85. The summed E-state index contributed by atoms with van der Waals surface area (Å²) >= 11 is 0. The van der Waals surface area contributed by atoms with E-state index in [2.05, 4.69) is 42.5 Å². The molecule has 98 valence electrons. The molecule has 1 heteroatoms. The Kier molecular flexibility index (Phi) is 5.36. The summed E-state index contributed by atoms with van der Waals surface area (Å²) in [4.78, 5) is 0. The highest BCUT2D eigenvalue weighted by Gasteiger charge is 2.15. The summed E-state index contributed by atoms with van der Waals surface area (Å²) < 4.78 is 0. The molecule has 0 heterocycles. The van der Waals surface area contributed by atoms with Crippen molar-refractivity contribution in [2.75, 3.05) is 0 Å². The van der Waals surface area contributed by atoms with Gasteiger partial charge in [0.05, 0.1) is 0 Å². The Hall–Kier alpha value is -1.34. The second kappa shape index (κ2) is 6.55. The summed E-state index contributed by atoms with van der Waals surface area (Å²) in [6.07, 6.45) is 7.04. The minimum atomic E-state index is 0. The quantitative estimate of drug-likeness (QED) is 0.686. The maximum absolute atomic E-state index is 2.39. The Bertz CT molecular complexity index is 484. The fraction of sp³-hybridized carbons (Fsp3) is 0.412. The minimum Gasteiger partial charge on any atom is -0.344 e. The van der Waals surface area contributed by atoms with Crippen molar-refractivity contribution in [1.29, 1.82) is 0 Å². The third-order valence-corrected chi connectivity index (χ3v) is 3.85. The number of benzene rings is 2. The van der Waals surface area contributed by atoms with E-state index >= 15 is 0 Å². The van der Waals surface area contributed by atoms with Gasteiger partial charge in [0.25, 0.3) is 0 Å². The Morgan fingerprint density at radius 2 is 1.44 bits per heavy atom. The summed E-state index contributed by atoms with van der Waals surface area (Å²) in [6.45, 7) is 0. The first-order valence-corrected chi connectivity index (χ1v) is 6.42. The van der Waals surface area contributed by atoms with E-state index < -0.39 is 0 Å². The Morgan fingerprint density at radius 1 is 0.778 bits per heavy atom. The Morgan fingerprint density at radius 3 is 2.17 bits per heavy atom. The van der Waals surface area contributed by atoms with E-state index in [0.29, 0.717) is 0 Å². The highest BCUT2D eigenvalue weighted by molar-refractivity contribution is 5.83. The van der Waals surface area contributed by atoms with Crippen molar-refractivity contribution in [2.45, 2.75) is 45.4 Å². The standard InChI is InChI=1S/C16H18.CH4.H3N/c1-2-6-13(7-3-1)16-11-10-14-8-4-5-9-15(14)12-16;;/h4-5,8-13H,1-3,6-7H2;1H4;1H3. The molecule has 1 nitrogen and oxygen atoms in total. The Labute approximate surface area is 111 Å². The van der Waals surface area contributed by atoms with E-state index in [0.717, 1.165) is 5.92 Å². The lowest BCUT2D eigenvalue weighted by molar-refractivity contribution is 0.444. The van der Waals surface area contributed by atoms with E-state index in [1.54, 1.807) is 5.56 Å². The molecule has 18 heavy (non-hydrogen) atoms. The largest absolute Gasteiger partial charge is 0.344 e. The van der Waals surface area contributed by atoms with Crippen molar-refractivity contribution < 1.29 is 0 Å². The second-order valence-electron chi connectivity index (χ2n) is 4.94. The summed E-state index contributed by atoms with van der Waals surface area (Å²) in [5.41, 5.74) is 1.55. The van der Waals surface area contributed by atoms with Crippen molar-refractivity contribution in [3.8, 4) is 0 Å². The molecule has 0 radical (unpaired) electrons. The Balaban J connectivity index is 0.000000810. The smallest absolute Gasteiger partial charge is 0.0162 e. The van der Waals surface area contributed by atoms with Gasteiger partial charge in [-0.1, -0.05) is 69.2 Å². The molecule has 1 fully saturated rings. The average Bonchev–Trinajstić information content (AvgIpc) is 2.39. The topological polar surface area (TPSA) is 35.0 Å². The van der Waals surface area contributed by atoms with Crippen molar-refractivity contribution in [3.05, 3.63) is 48.0 Å². The van der Waals surface area contributed by atoms with Crippen LogP contribution < -0.4 is 6.15 Å². The van der Waals surface area contributed by atoms with E-state index in [-0.39, 0.29) is 13.6 Å². The van der Waals surface area contributed by atoms with Gasteiger partial charge in [0.2, 0.25) is 0 Å². The third kappa shape index (κ3) is 2.91. The van der Waals surface area contributed by atoms with E-state index in [1.165, 1.54) is 42.9 Å². The lowest BCUT2D eigenvalue weighted by Gasteiger charge is -2.22. The lowest BCUT2D eigenvalue weighted by Crippen LogP contribution is -2.04. The number of rotatable bonds is 1. The molecule has 0 bridgehead atoms.